The maximum Gasteiger partial charge on any atom is 0.230 e. The highest BCUT2D eigenvalue weighted by Gasteiger charge is 2.11. The highest BCUT2D eigenvalue weighted by molar-refractivity contribution is 8.00. The van der Waals surface area contributed by atoms with Crippen molar-refractivity contribution in [3.05, 3.63) is 10.9 Å². The predicted molar refractivity (Wildman–Crippen MR) is 76.5 cm³/mol. The van der Waals surface area contributed by atoms with E-state index in [1.165, 1.54) is 16.6 Å². The van der Waals surface area contributed by atoms with Crippen LogP contribution in [0.5, 0.6) is 0 Å². The van der Waals surface area contributed by atoms with E-state index >= 15 is 0 Å². The Morgan fingerprint density at radius 1 is 1.44 bits per heavy atom. The van der Waals surface area contributed by atoms with Gasteiger partial charge in [0.15, 0.2) is 0 Å². The smallest absolute Gasteiger partial charge is 0.230 e. The van der Waals surface area contributed by atoms with Gasteiger partial charge in [-0.1, -0.05) is 11.8 Å². The van der Waals surface area contributed by atoms with Crippen LogP contribution in [0.2, 0.25) is 0 Å². The summed E-state index contributed by atoms with van der Waals surface area (Å²) in [4.78, 5) is 22.2. The number of fused-ring (bicyclic) bond motifs is 1. The second kappa shape index (κ2) is 5.53. The number of carbonyl (C=O) groups is 1. The van der Waals surface area contributed by atoms with Crippen molar-refractivity contribution >= 4 is 45.2 Å². The second-order valence-electron chi connectivity index (χ2n) is 3.64. The maximum absolute atomic E-state index is 11.3. The van der Waals surface area contributed by atoms with Gasteiger partial charge in [0.25, 0.3) is 0 Å². The zero-order chi connectivity index (χ0) is 13.1. The van der Waals surface area contributed by atoms with Crippen molar-refractivity contribution in [2.75, 3.05) is 25.2 Å². The molecular formula is C11H14N4OS2. The Kier molecular flexibility index (Phi) is 4.03. The number of carbonyl (C=O) groups excluding carboxylic acids is 1. The average molecular weight is 282 g/mol. The fourth-order valence-corrected chi connectivity index (χ4v) is 3.26. The van der Waals surface area contributed by atoms with Gasteiger partial charge in [-0.2, -0.15) is 0 Å². The molecule has 0 spiro atoms. The van der Waals surface area contributed by atoms with Crippen LogP contribution in [-0.4, -0.2) is 35.7 Å². The summed E-state index contributed by atoms with van der Waals surface area (Å²) >= 11 is 3.06. The number of rotatable bonds is 4. The van der Waals surface area contributed by atoms with Crippen LogP contribution in [0.1, 0.15) is 4.88 Å². The summed E-state index contributed by atoms with van der Waals surface area (Å²) < 4.78 is 0. The molecule has 0 aliphatic rings. The third kappa shape index (κ3) is 2.73. The van der Waals surface area contributed by atoms with Crippen molar-refractivity contribution in [3.63, 3.8) is 0 Å². The number of hydrogen-bond donors (Lipinski definition) is 2. The summed E-state index contributed by atoms with van der Waals surface area (Å²) in [6.07, 6.45) is 0. The Hall–Kier alpha value is -1.34. The van der Waals surface area contributed by atoms with Crippen molar-refractivity contribution < 1.29 is 4.79 Å². The van der Waals surface area contributed by atoms with Crippen LogP contribution >= 0.6 is 23.1 Å². The molecule has 96 valence electrons. The normalized spacial score (nSPS) is 10.6. The molecular weight excluding hydrogens is 268 g/mol. The zero-order valence-corrected chi connectivity index (χ0v) is 12.0. The first-order chi connectivity index (χ1) is 8.63. The van der Waals surface area contributed by atoms with Crippen LogP contribution in [0.15, 0.2) is 11.1 Å². The lowest BCUT2D eigenvalue weighted by Crippen LogP contribution is -2.19. The minimum absolute atomic E-state index is 0.00952. The number of aryl methyl sites for hydroxylation is 1. The number of nitrogens with one attached hydrogen (secondary N) is 2. The molecule has 0 atom stereocenters. The first-order valence-electron chi connectivity index (χ1n) is 5.43. The molecule has 7 heteroatoms. The highest BCUT2D eigenvalue weighted by Crippen LogP contribution is 2.31. The number of thiophene rings is 1. The summed E-state index contributed by atoms with van der Waals surface area (Å²) in [6, 6.07) is 2.06. The summed E-state index contributed by atoms with van der Waals surface area (Å²) in [6.45, 7) is 2.04. The lowest BCUT2D eigenvalue weighted by Gasteiger charge is -2.04. The van der Waals surface area contributed by atoms with Crippen LogP contribution in [0, 0.1) is 6.92 Å². The Balaban J connectivity index is 2.37. The average Bonchev–Trinajstić information content (AvgIpc) is 2.75. The first kappa shape index (κ1) is 13.1. The van der Waals surface area contributed by atoms with Gasteiger partial charge in [0.1, 0.15) is 9.86 Å². The van der Waals surface area contributed by atoms with Gasteiger partial charge in [0.2, 0.25) is 11.9 Å². The van der Waals surface area contributed by atoms with Gasteiger partial charge in [-0.25, -0.2) is 9.97 Å². The molecule has 5 nitrogen and oxygen atoms in total. The number of thioether (sulfide) groups is 1. The van der Waals surface area contributed by atoms with Gasteiger partial charge in [-0.15, -0.1) is 11.3 Å². The van der Waals surface area contributed by atoms with E-state index in [0.717, 1.165) is 15.2 Å². The molecule has 0 aliphatic carbocycles. The van der Waals surface area contributed by atoms with Gasteiger partial charge in [0.05, 0.1) is 5.75 Å². The monoisotopic (exact) mass is 282 g/mol. The van der Waals surface area contributed by atoms with E-state index in [1.54, 1.807) is 25.4 Å². The van der Waals surface area contributed by atoms with Gasteiger partial charge in [-0.3, -0.25) is 4.79 Å². The van der Waals surface area contributed by atoms with Gasteiger partial charge >= 0.3 is 0 Å². The van der Waals surface area contributed by atoms with Crippen molar-refractivity contribution in [2.45, 2.75) is 11.9 Å². The van der Waals surface area contributed by atoms with Crippen LogP contribution < -0.4 is 10.6 Å². The third-order valence-corrected chi connectivity index (χ3v) is 4.26. The highest BCUT2D eigenvalue weighted by atomic mass is 32.2. The Labute approximate surface area is 113 Å². The minimum atomic E-state index is -0.00952. The molecule has 18 heavy (non-hydrogen) atoms. The van der Waals surface area contributed by atoms with Crippen LogP contribution in [0.4, 0.5) is 5.95 Å². The minimum Gasteiger partial charge on any atom is -0.358 e. The number of amides is 1. The van der Waals surface area contributed by atoms with E-state index in [-0.39, 0.29) is 5.91 Å². The molecule has 0 unspecified atom stereocenters. The topological polar surface area (TPSA) is 66.9 Å². The van der Waals surface area contributed by atoms with Crippen molar-refractivity contribution in [3.8, 4) is 0 Å². The number of aromatic nitrogens is 2. The Bertz CT molecular complexity index is 582. The Morgan fingerprint density at radius 3 is 2.89 bits per heavy atom. The molecule has 2 N–H and O–H groups in total. The molecule has 2 aromatic rings. The lowest BCUT2D eigenvalue weighted by molar-refractivity contribution is -0.118. The van der Waals surface area contributed by atoms with Gasteiger partial charge in [-0.05, 0) is 13.0 Å². The molecule has 0 aliphatic heterocycles. The van der Waals surface area contributed by atoms with Crippen LogP contribution in [0.3, 0.4) is 0 Å². The molecule has 0 radical (unpaired) electrons. The molecule has 0 aromatic carbocycles. The fourth-order valence-electron chi connectivity index (χ4n) is 1.44. The molecule has 0 bridgehead atoms. The number of anilines is 1. The van der Waals surface area contributed by atoms with Crippen LogP contribution in [-0.2, 0) is 4.79 Å². The van der Waals surface area contributed by atoms with Crippen molar-refractivity contribution in [1.82, 2.24) is 15.3 Å². The van der Waals surface area contributed by atoms with Crippen molar-refractivity contribution in [2.24, 2.45) is 0 Å². The molecule has 1 amide bonds. The van der Waals surface area contributed by atoms with Crippen molar-refractivity contribution in [1.29, 1.82) is 0 Å². The summed E-state index contributed by atoms with van der Waals surface area (Å²) in [5.41, 5.74) is 0. The molecule has 0 fully saturated rings. The molecule has 2 aromatic heterocycles. The second-order valence-corrected chi connectivity index (χ2v) is 5.84. The van der Waals surface area contributed by atoms with E-state index in [9.17, 15) is 4.79 Å². The van der Waals surface area contributed by atoms with Gasteiger partial charge in [0, 0.05) is 24.4 Å². The number of hydrogen-bond acceptors (Lipinski definition) is 6. The predicted octanol–water partition coefficient (Wildman–Crippen LogP) is 1.88. The van der Waals surface area contributed by atoms with E-state index in [4.69, 9.17) is 0 Å². The fraction of sp³-hybridized carbons (Fsp3) is 0.364. The largest absolute Gasteiger partial charge is 0.358 e. The molecule has 2 heterocycles. The quantitative estimate of drug-likeness (QED) is 0.662. The van der Waals surface area contributed by atoms with E-state index in [1.807, 2.05) is 6.92 Å². The molecule has 0 saturated heterocycles. The maximum atomic E-state index is 11.3. The summed E-state index contributed by atoms with van der Waals surface area (Å²) in [5, 5.41) is 7.41. The lowest BCUT2D eigenvalue weighted by atomic mass is 10.4. The summed E-state index contributed by atoms with van der Waals surface area (Å²) in [7, 11) is 3.42. The van der Waals surface area contributed by atoms with E-state index in [2.05, 4.69) is 26.7 Å². The Morgan fingerprint density at radius 2 is 2.22 bits per heavy atom. The first-order valence-corrected chi connectivity index (χ1v) is 7.23. The summed E-state index contributed by atoms with van der Waals surface area (Å²) in [5.74, 6) is 0.939. The number of nitrogens with zero attached hydrogens (tertiary/aromatic N) is 2. The third-order valence-electron chi connectivity index (χ3n) is 2.32. The van der Waals surface area contributed by atoms with E-state index < -0.39 is 0 Å². The van der Waals surface area contributed by atoms with Gasteiger partial charge < -0.3 is 10.6 Å². The molecule has 0 saturated carbocycles. The standard InChI is InChI=1S/C11H14N4OS2/c1-6-4-7-9(17-5-8(16)12-2)14-11(13-3)15-10(7)18-6/h4H,5H2,1-3H3,(H,12,16)(H,13,14,15). The molecule has 2 rings (SSSR count). The SMILES string of the molecule is CNC(=O)CSc1nc(NC)nc2sc(C)cc12. The van der Waals surface area contributed by atoms with Crippen LogP contribution in [0.25, 0.3) is 10.2 Å². The zero-order valence-electron chi connectivity index (χ0n) is 10.4. The van der Waals surface area contributed by atoms with E-state index in [0.29, 0.717) is 11.7 Å².